The molecule has 4 nitrogen and oxygen atoms in total. The van der Waals surface area contributed by atoms with Gasteiger partial charge in [0.2, 0.25) is 0 Å². The maximum absolute atomic E-state index is 10.5. The lowest BCUT2D eigenvalue weighted by Gasteiger charge is -2.19. The Morgan fingerprint density at radius 1 is 1.25 bits per heavy atom. The summed E-state index contributed by atoms with van der Waals surface area (Å²) in [6, 6.07) is 9.80. The second kappa shape index (κ2) is 10.2. The highest BCUT2D eigenvalue weighted by atomic mass is 16.5. The van der Waals surface area contributed by atoms with Gasteiger partial charge < -0.3 is 14.9 Å². The molecule has 1 aromatic rings. The molecule has 2 saturated carbocycles. The van der Waals surface area contributed by atoms with E-state index < -0.39 is 6.10 Å². The van der Waals surface area contributed by atoms with Crippen LogP contribution < -0.4 is 0 Å². The molecule has 0 aromatic heterocycles. The van der Waals surface area contributed by atoms with Crippen LogP contribution in [0.3, 0.4) is 0 Å². The summed E-state index contributed by atoms with van der Waals surface area (Å²) in [5, 5.41) is 29.8. The monoisotopic (exact) mass is 383 g/mol. The number of hydrogen-bond donors (Lipinski definition) is 2. The van der Waals surface area contributed by atoms with Crippen molar-refractivity contribution in [2.24, 2.45) is 17.8 Å². The van der Waals surface area contributed by atoms with Crippen molar-refractivity contribution in [2.75, 3.05) is 0 Å². The molecule has 2 unspecified atom stereocenters. The van der Waals surface area contributed by atoms with Crippen LogP contribution in [0.15, 0.2) is 36.4 Å². The molecule has 152 valence electrons. The molecule has 0 saturated heterocycles. The molecular weight excluding hydrogens is 350 g/mol. The standard InChI is InChI=1S/C24H33NO3/c1-2-3-4-9-20(26)10-11-22-23-14-21(12-19(23)13-24(22)27)28-16-18-8-6-5-7-17(18)15-25/h5-8,10-11,19-24,26-27H,2-4,9,12-14,16H2,1H3/t19-,20?,21?,22+,23+,24+/m0/s1. The van der Waals surface area contributed by atoms with Crippen molar-refractivity contribution >= 4 is 0 Å². The van der Waals surface area contributed by atoms with Crippen molar-refractivity contribution in [1.29, 1.82) is 5.26 Å². The van der Waals surface area contributed by atoms with Crippen molar-refractivity contribution in [1.82, 2.24) is 0 Å². The van der Waals surface area contributed by atoms with Crippen molar-refractivity contribution in [3.8, 4) is 6.07 Å². The first kappa shape index (κ1) is 21.0. The second-order valence-electron chi connectivity index (χ2n) is 8.43. The predicted octanol–water partition coefficient (Wildman–Crippen LogP) is 4.35. The summed E-state index contributed by atoms with van der Waals surface area (Å²) < 4.78 is 6.14. The number of nitrogens with zero attached hydrogens (tertiary/aromatic N) is 1. The van der Waals surface area contributed by atoms with Gasteiger partial charge in [-0.1, -0.05) is 56.5 Å². The molecule has 0 amide bonds. The average Bonchev–Trinajstić information content (AvgIpc) is 3.21. The Balaban J connectivity index is 1.52. The minimum absolute atomic E-state index is 0.116. The SMILES string of the molecule is CCCCCC(O)C=C[C@@H]1[C@@H]2CC(OCc3ccccc3C#N)C[C@H]2C[C@H]1O. The molecule has 0 bridgehead atoms. The average molecular weight is 384 g/mol. The van der Waals surface area contributed by atoms with Gasteiger partial charge in [0.25, 0.3) is 0 Å². The summed E-state index contributed by atoms with van der Waals surface area (Å²) in [5.74, 6) is 1.02. The molecule has 6 atom stereocenters. The number of fused-ring (bicyclic) bond motifs is 1. The van der Waals surface area contributed by atoms with Gasteiger partial charge in [0, 0.05) is 5.92 Å². The number of aliphatic hydroxyl groups excluding tert-OH is 2. The first-order chi connectivity index (χ1) is 13.6. The summed E-state index contributed by atoms with van der Waals surface area (Å²) >= 11 is 0. The van der Waals surface area contributed by atoms with Gasteiger partial charge >= 0.3 is 0 Å². The molecule has 28 heavy (non-hydrogen) atoms. The fourth-order valence-electron chi connectivity index (χ4n) is 4.93. The normalized spacial score (nSPS) is 30.4. The molecule has 0 radical (unpaired) electrons. The van der Waals surface area contributed by atoms with E-state index >= 15 is 0 Å². The number of rotatable bonds is 9. The third kappa shape index (κ3) is 5.23. The lowest BCUT2D eigenvalue weighted by molar-refractivity contribution is 0.0322. The maximum atomic E-state index is 10.5. The molecule has 2 N–H and O–H groups in total. The van der Waals surface area contributed by atoms with E-state index in [2.05, 4.69) is 19.1 Å². The largest absolute Gasteiger partial charge is 0.392 e. The van der Waals surface area contributed by atoms with Crippen LogP contribution in [-0.4, -0.2) is 28.5 Å². The highest BCUT2D eigenvalue weighted by Crippen LogP contribution is 2.49. The summed E-state index contributed by atoms with van der Waals surface area (Å²) in [6.45, 7) is 2.63. The molecule has 4 heteroatoms. The Hall–Kier alpha value is -1.67. The molecular formula is C24H33NO3. The zero-order valence-corrected chi connectivity index (χ0v) is 16.8. The maximum Gasteiger partial charge on any atom is 0.0995 e. The summed E-state index contributed by atoms with van der Waals surface area (Å²) in [7, 11) is 0. The van der Waals surface area contributed by atoms with Crippen LogP contribution in [0.4, 0.5) is 0 Å². The Morgan fingerprint density at radius 2 is 2.07 bits per heavy atom. The molecule has 2 aliphatic rings. The topological polar surface area (TPSA) is 73.5 Å². The fraction of sp³-hybridized carbons (Fsp3) is 0.625. The van der Waals surface area contributed by atoms with Crippen LogP contribution in [0.25, 0.3) is 0 Å². The van der Waals surface area contributed by atoms with Crippen molar-refractivity contribution in [3.63, 3.8) is 0 Å². The van der Waals surface area contributed by atoms with Crippen LogP contribution in [0.1, 0.15) is 63.0 Å². The van der Waals surface area contributed by atoms with E-state index in [0.717, 1.165) is 50.5 Å². The summed E-state index contributed by atoms with van der Waals surface area (Å²) in [4.78, 5) is 0. The molecule has 2 aliphatic carbocycles. The van der Waals surface area contributed by atoms with Crippen LogP contribution in [0.5, 0.6) is 0 Å². The van der Waals surface area contributed by atoms with E-state index in [1.807, 2.05) is 30.3 Å². The first-order valence-corrected chi connectivity index (χ1v) is 10.8. The van der Waals surface area contributed by atoms with Gasteiger partial charge in [0.15, 0.2) is 0 Å². The number of unbranched alkanes of at least 4 members (excludes halogenated alkanes) is 2. The Kier molecular flexibility index (Phi) is 7.67. The van der Waals surface area contributed by atoms with Gasteiger partial charge in [-0.15, -0.1) is 0 Å². The Bertz CT molecular complexity index is 695. The summed E-state index contributed by atoms with van der Waals surface area (Å²) in [5.41, 5.74) is 1.61. The molecule has 3 rings (SSSR count). The van der Waals surface area contributed by atoms with Gasteiger partial charge in [-0.25, -0.2) is 0 Å². The van der Waals surface area contributed by atoms with E-state index in [1.54, 1.807) is 0 Å². The van der Waals surface area contributed by atoms with E-state index in [1.165, 1.54) is 0 Å². The summed E-state index contributed by atoms with van der Waals surface area (Å²) in [6.07, 6.45) is 10.3. The number of benzene rings is 1. The number of ether oxygens (including phenoxy) is 1. The van der Waals surface area contributed by atoms with E-state index in [-0.39, 0.29) is 18.1 Å². The van der Waals surface area contributed by atoms with Gasteiger partial charge in [-0.2, -0.15) is 5.26 Å². The van der Waals surface area contributed by atoms with Gasteiger partial charge in [0.1, 0.15) is 0 Å². The number of hydrogen-bond acceptors (Lipinski definition) is 4. The molecule has 0 aliphatic heterocycles. The third-order valence-corrected chi connectivity index (χ3v) is 6.46. The van der Waals surface area contributed by atoms with Gasteiger partial charge in [-0.05, 0) is 49.1 Å². The highest BCUT2D eigenvalue weighted by Gasteiger charge is 2.47. The van der Waals surface area contributed by atoms with Crippen LogP contribution in [0, 0.1) is 29.1 Å². The van der Waals surface area contributed by atoms with Crippen LogP contribution >= 0.6 is 0 Å². The zero-order chi connectivity index (χ0) is 19.9. The quantitative estimate of drug-likeness (QED) is 0.491. The molecule has 0 spiro atoms. The molecule has 0 heterocycles. The van der Waals surface area contributed by atoms with E-state index in [4.69, 9.17) is 4.74 Å². The van der Waals surface area contributed by atoms with Gasteiger partial charge in [-0.3, -0.25) is 0 Å². The van der Waals surface area contributed by atoms with Crippen LogP contribution in [0.2, 0.25) is 0 Å². The highest BCUT2D eigenvalue weighted by molar-refractivity contribution is 5.36. The van der Waals surface area contributed by atoms with Crippen molar-refractivity contribution < 1.29 is 14.9 Å². The lowest BCUT2D eigenvalue weighted by Crippen LogP contribution is -2.20. The smallest absolute Gasteiger partial charge is 0.0995 e. The van der Waals surface area contributed by atoms with Crippen molar-refractivity contribution in [2.45, 2.75) is 76.8 Å². The number of aliphatic hydroxyl groups is 2. The minimum Gasteiger partial charge on any atom is -0.392 e. The molecule has 1 aromatic carbocycles. The fourth-order valence-corrected chi connectivity index (χ4v) is 4.93. The number of nitriles is 1. The first-order valence-electron chi connectivity index (χ1n) is 10.8. The van der Waals surface area contributed by atoms with Gasteiger partial charge in [0.05, 0.1) is 36.6 Å². The van der Waals surface area contributed by atoms with E-state index in [9.17, 15) is 15.5 Å². The Morgan fingerprint density at radius 3 is 2.86 bits per heavy atom. The zero-order valence-electron chi connectivity index (χ0n) is 16.8. The predicted molar refractivity (Wildman–Crippen MR) is 109 cm³/mol. The van der Waals surface area contributed by atoms with E-state index in [0.29, 0.717) is 24.0 Å². The third-order valence-electron chi connectivity index (χ3n) is 6.46. The second-order valence-corrected chi connectivity index (χ2v) is 8.43. The minimum atomic E-state index is -0.409. The molecule has 2 fully saturated rings. The lowest BCUT2D eigenvalue weighted by atomic mass is 9.90. The van der Waals surface area contributed by atoms with Crippen molar-refractivity contribution in [3.05, 3.63) is 47.5 Å². The Labute approximate surface area is 168 Å². The van der Waals surface area contributed by atoms with Crippen LogP contribution in [-0.2, 0) is 11.3 Å².